The molecule has 0 bridgehead atoms. The molecule has 0 amide bonds. The van der Waals surface area contributed by atoms with Crippen LogP contribution in [0.5, 0.6) is 0 Å². The van der Waals surface area contributed by atoms with Crippen molar-refractivity contribution >= 4 is 17.5 Å². The first-order chi connectivity index (χ1) is 16.8. The highest BCUT2D eigenvalue weighted by molar-refractivity contribution is 5.95. The maximum absolute atomic E-state index is 12.7. The van der Waals surface area contributed by atoms with Crippen LogP contribution in [0.4, 0.5) is 0 Å². The molecule has 196 valence electrons. The minimum absolute atomic E-state index is 0.0282. The molecule has 0 aromatic heterocycles. The Bertz CT molecular complexity index is 828. The summed E-state index contributed by atoms with van der Waals surface area (Å²) in [5, 5.41) is 0. The molecule has 4 aliphatic carbocycles. The van der Waals surface area contributed by atoms with Gasteiger partial charge in [0, 0.05) is 18.3 Å². The third-order valence-electron chi connectivity index (χ3n) is 10.5. The number of rotatable bonds is 11. The summed E-state index contributed by atoms with van der Waals surface area (Å²) in [6, 6.07) is 0. The maximum atomic E-state index is 12.7. The summed E-state index contributed by atoms with van der Waals surface area (Å²) in [6.07, 6.45) is 18.8. The Balaban J connectivity index is 1.27. The Labute approximate surface area is 213 Å². The smallest absolute Gasteiger partial charge is 0.313 e. The van der Waals surface area contributed by atoms with Crippen LogP contribution in [0.25, 0.3) is 0 Å². The number of ether oxygens (including phenoxy) is 1. The van der Waals surface area contributed by atoms with Gasteiger partial charge in [-0.2, -0.15) is 0 Å². The lowest BCUT2D eigenvalue weighted by molar-refractivity contribution is -0.161. The Morgan fingerprint density at radius 1 is 0.914 bits per heavy atom. The first-order valence-electron chi connectivity index (χ1n) is 14.7. The second kappa shape index (κ2) is 11.3. The molecule has 3 saturated carbocycles. The molecule has 0 saturated heterocycles. The normalized spacial score (nSPS) is 36.1. The number of fused-ring (bicyclic) bond motifs is 5. The van der Waals surface area contributed by atoms with Gasteiger partial charge in [0.2, 0.25) is 0 Å². The van der Waals surface area contributed by atoms with Crippen LogP contribution in [0.1, 0.15) is 130 Å². The fraction of sp³-hybridized carbons (Fsp3) is 0.839. The molecule has 0 N–H and O–H groups in total. The molecular weight excluding hydrogens is 436 g/mol. The topological polar surface area (TPSA) is 60.4 Å². The molecule has 0 spiro atoms. The van der Waals surface area contributed by atoms with Crippen LogP contribution in [0.15, 0.2) is 11.6 Å². The maximum Gasteiger partial charge on any atom is 0.313 e. The number of Topliss-reactive ketones (excluding diaryl/α,β-unsaturated/α-hetero) is 1. The summed E-state index contributed by atoms with van der Waals surface area (Å²) in [7, 11) is 0. The second-order valence-electron chi connectivity index (χ2n) is 12.7. The third-order valence-corrected chi connectivity index (χ3v) is 10.5. The zero-order chi connectivity index (χ0) is 25.1. The summed E-state index contributed by atoms with van der Waals surface area (Å²) in [4.78, 5) is 37.1. The highest BCUT2D eigenvalue weighted by Gasteiger charge is 2.59. The van der Waals surface area contributed by atoms with E-state index in [0.717, 1.165) is 57.8 Å². The lowest BCUT2D eigenvalue weighted by Gasteiger charge is -2.57. The molecule has 4 nitrogen and oxygen atoms in total. The minimum atomic E-state index is -0.307. The lowest BCUT2D eigenvalue weighted by atomic mass is 9.47. The third kappa shape index (κ3) is 5.62. The van der Waals surface area contributed by atoms with Crippen molar-refractivity contribution in [2.75, 3.05) is 0 Å². The van der Waals surface area contributed by atoms with E-state index in [1.807, 2.05) is 6.08 Å². The average molecular weight is 485 g/mol. The van der Waals surface area contributed by atoms with Gasteiger partial charge in [-0.3, -0.25) is 14.4 Å². The Morgan fingerprint density at radius 2 is 1.66 bits per heavy atom. The summed E-state index contributed by atoms with van der Waals surface area (Å²) in [5.41, 5.74) is 1.61. The van der Waals surface area contributed by atoms with Gasteiger partial charge >= 0.3 is 5.97 Å². The van der Waals surface area contributed by atoms with E-state index >= 15 is 0 Å². The fourth-order valence-electron chi connectivity index (χ4n) is 8.43. The number of ketones is 2. The molecule has 4 aliphatic rings. The standard InChI is InChI=1S/C31H48O4/c1-4-5-6-7-8-9-10-11-23(32)21-29(34)35-28-15-14-26-25-13-12-22-20-24(33)16-18-30(22,2)27(25)17-19-31(26,28)3/h20,25-28H,4-19,21H2,1-3H3/t25-,26-,27-,28-,30-,31-/m0/s1. The second-order valence-corrected chi connectivity index (χ2v) is 12.7. The number of unbranched alkanes of at least 4 members (excludes halogenated alkanes) is 6. The highest BCUT2D eigenvalue weighted by atomic mass is 16.5. The van der Waals surface area contributed by atoms with Gasteiger partial charge in [-0.15, -0.1) is 0 Å². The molecule has 0 aromatic carbocycles. The van der Waals surface area contributed by atoms with Crippen molar-refractivity contribution in [1.29, 1.82) is 0 Å². The van der Waals surface area contributed by atoms with E-state index in [9.17, 15) is 14.4 Å². The molecule has 0 radical (unpaired) electrons. The van der Waals surface area contributed by atoms with Crippen molar-refractivity contribution in [2.24, 2.45) is 28.6 Å². The van der Waals surface area contributed by atoms with E-state index in [0.29, 0.717) is 36.4 Å². The lowest BCUT2D eigenvalue weighted by Crippen LogP contribution is -2.51. The summed E-state index contributed by atoms with van der Waals surface area (Å²) >= 11 is 0. The van der Waals surface area contributed by atoms with E-state index < -0.39 is 0 Å². The van der Waals surface area contributed by atoms with Gasteiger partial charge in [0.25, 0.3) is 0 Å². The van der Waals surface area contributed by atoms with Crippen molar-refractivity contribution in [3.8, 4) is 0 Å². The Kier molecular flexibility index (Phi) is 8.59. The van der Waals surface area contributed by atoms with Gasteiger partial charge in [-0.1, -0.05) is 64.9 Å². The molecule has 4 rings (SSSR count). The molecule has 4 heteroatoms. The number of hydrogen-bond donors (Lipinski definition) is 0. The van der Waals surface area contributed by atoms with E-state index in [-0.39, 0.29) is 35.1 Å². The van der Waals surface area contributed by atoms with E-state index in [1.54, 1.807) is 0 Å². The fourth-order valence-corrected chi connectivity index (χ4v) is 8.43. The van der Waals surface area contributed by atoms with Crippen molar-refractivity contribution in [1.82, 2.24) is 0 Å². The van der Waals surface area contributed by atoms with Crippen LogP contribution >= 0.6 is 0 Å². The van der Waals surface area contributed by atoms with Crippen LogP contribution in [-0.4, -0.2) is 23.6 Å². The van der Waals surface area contributed by atoms with Crippen molar-refractivity contribution in [3.63, 3.8) is 0 Å². The Hall–Kier alpha value is -1.45. The quantitative estimate of drug-likeness (QED) is 0.173. The van der Waals surface area contributed by atoms with Gasteiger partial charge in [-0.25, -0.2) is 0 Å². The van der Waals surface area contributed by atoms with Gasteiger partial charge in [-0.05, 0) is 80.6 Å². The largest absolute Gasteiger partial charge is 0.461 e. The van der Waals surface area contributed by atoms with Crippen molar-refractivity contribution in [3.05, 3.63) is 11.6 Å². The number of hydrogen-bond acceptors (Lipinski definition) is 4. The van der Waals surface area contributed by atoms with Gasteiger partial charge < -0.3 is 4.74 Å². The van der Waals surface area contributed by atoms with Gasteiger partial charge in [0.15, 0.2) is 5.78 Å². The van der Waals surface area contributed by atoms with E-state index in [2.05, 4.69) is 20.8 Å². The van der Waals surface area contributed by atoms with Crippen LogP contribution in [0, 0.1) is 28.6 Å². The molecule has 0 unspecified atom stereocenters. The monoisotopic (exact) mass is 484 g/mol. The number of carbonyl (C=O) groups is 3. The zero-order valence-electron chi connectivity index (χ0n) is 22.5. The summed E-state index contributed by atoms with van der Waals surface area (Å²) < 4.78 is 6.04. The van der Waals surface area contributed by atoms with E-state index in [4.69, 9.17) is 4.74 Å². The van der Waals surface area contributed by atoms with Crippen LogP contribution in [-0.2, 0) is 19.1 Å². The molecule has 35 heavy (non-hydrogen) atoms. The van der Waals surface area contributed by atoms with Crippen LogP contribution in [0.3, 0.4) is 0 Å². The molecule has 3 fully saturated rings. The van der Waals surface area contributed by atoms with Gasteiger partial charge in [0.1, 0.15) is 18.3 Å². The summed E-state index contributed by atoms with van der Waals surface area (Å²) in [5.74, 6) is 1.93. The molecule has 0 heterocycles. The minimum Gasteiger partial charge on any atom is -0.461 e. The SMILES string of the molecule is CCCCCCCCCC(=O)CC(=O)O[C@H]1CC[C@H]2[C@@H]3CCC4=CC(=O)CC[C@]4(C)[C@H]3CC[C@]12C. The predicted molar refractivity (Wildman–Crippen MR) is 139 cm³/mol. The van der Waals surface area contributed by atoms with Crippen LogP contribution in [0.2, 0.25) is 0 Å². The Morgan fingerprint density at radius 3 is 2.43 bits per heavy atom. The molecular formula is C31H48O4. The van der Waals surface area contributed by atoms with Gasteiger partial charge in [0.05, 0.1) is 0 Å². The molecule has 0 aliphatic heterocycles. The van der Waals surface area contributed by atoms with Crippen molar-refractivity contribution in [2.45, 2.75) is 136 Å². The molecule has 6 atom stereocenters. The number of allylic oxidation sites excluding steroid dienone is 1. The van der Waals surface area contributed by atoms with Crippen molar-refractivity contribution < 1.29 is 19.1 Å². The van der Waals surface area contributed by atoms with Crippen LogP contribution < -0.4 is 0 Å². The number of esters is 1. The average Bonchev–Trinajstić information content (AvgIpc) is 3.15. The zero-order valence-corrected chi connectivity index (χ0v) is 22.5. The first kappa shape index (κ1) is 26.6. The predicted octanol–water partition coefficient (Wildman–Crippen LogP) is 7.53. The highest BCUT2D eigenvalue weighted by Crippen LogP contribution is 2.65. The summed E-state index contributed by atoms with van der Waals surface area (Å²) in [6.45, 7) is 6.98. The molecule has 0 aromatic rings. The first-order valence-corrected chi connectivity index (χ1v) is 14.7. The van der Waals surface area contributed by atoms with E-state index in [1.165, 1.54) is 37.7 Å². The number of carbonyl (C=O) groups excluding carboxylic acids is 3.